The van der Waals surface area contributed by atoms with Crippen molar-refractivity contribution in [1.29, 1.82) is 0 Å². The Labute approximate surface area is 100 Å². The summed E-state index contributed by atoms with van der Waals surface area (Å²) in [6.45, 7) is 4.49. The number of amides is 1. The van der Waals surface area contributed by atoms with Crippen LogP contribution in [0.15, 0.2) is 23.1 Å². The number of pyridine rings is 1. The highest BCUT2D eigenvalue weighted by Crippen LogP contribution is 2.04. The SMILES string of the molecule is CC(C)CC(CN)NC(=O)c1ccc[nH]c1=O. The topological polar surface area (TPSA) is 88.0 Å². The zero-order valence-electron chi connectivity index (χ0n) is 10.2. The standard InChI is InChI=1S/C12H19N3O2/c1-8(2)6-9(7-13)15-12(17)10-4-3-5-14-11(10)16/h3-5,8-9H,6-7,13H2,1-2H3,(H,14,16)(H,15,17). The maximum absolute atomic E-state index is 11.8. The molecule has 0 spiro atoms. The molecule has 0 saturated heterocycles. The molecular formula is C12H19N3O2. The van der Waals surface area contributed by atoms with Gasteiger partial charge in [0, 0.05) is 18.8 Å². The van der Waals surface area contributed by atoms with Crippen molar-refractivity contribution in [3.05, 3.63) is 34.2 Å². The van der Waals surface area contributed by atoms with E-state index in [2.05, 4.69) is 24.1 Å². The van der Waals surface area contributed by atoms with Crippen LogP contribution in [0.2, 0.25) is 0 Å². The third kappa shape index (κ3) is 4.03. The second kappa shape index (κ2) is 6.20. The molecule has 5 nitrogen and oxygen atoms in total. The van der Waals surface area contributed by atoms with Crippen molar-refractivity contribution in [3.8, 4) is 0 Å². The summed E-state index contributed by atoms with van der Waals surface area (Å²) in [4.78, 5) is 25.7. The van der Waals surface area contributed by atoms with Crippen molar-refractivity contribution in [2.24, 2.45) is 11.7 Å². The number of aromatic amines is 1. The van der Waals surface area contributed by atoms with Crippen molar-refractivity contribution >= 4 is 5.91 Å². The molecule has 1 unspecified atom stereocenters. The molecule has 4 N–H and O–H groups in total. The van der Waals surface area contributed by atoms with Crippen LogP contribution in [0.5, 0.6) is 0 Å². The van der Waals surface area contributed by atoms with Gasteiger partial charge >= 0.3 is 0 Å². The first-order valence-corrected chi connectivity index (χ1v) is 5.73. The largest absolute Gasteiger partial charge is 0.348 e. The smallest absolute Gasteiger partial charge is 0.260 e. The third-order valence-electron chi connectivity index (χ3n) is 2.44. The average molecular weight is 237 g/mol. The number of hydrogen-bond donors (Lipinski definition) is 3. The average Bonchev–Trinajstić information content (AvgIpc) is 2.27. The molecule has 0 bridgehead atoms. The Morgan fingerprint density at radius 1 is 1.53 bits per heavy atom. The van der Waals surface area contributed by atoms with Crippen LogP contribution in [0, 0.1) is 5.92 Å². The van der Waals surface area contributed by atoms with Crippen LogP contribution >= 0.6 is 0 Å². The molecule has 1 heterocycles. The van der Waals surface area contributed by atoms with Crippen LogP contribution in [-0.2, 0) is 0 Å². The molecule has 0 radical (unpaired) electrons. The van der Waals surface area contributed by atoms with Gasteiger partial charge in [-0.25, -0.2) is 0 Å². The zero-order chi connectivity index (χ0) is 12.8. The number of carbonyl (C=O) groups is 1. The molecule has 1 aromatic heterocycles. The lowest BCUT2D eigenvalue weighted by molar-refractivity contribution is 0.0932. The molecule has 1 rings (SSSR count). The quantitative estimate of drug-likeness (QED) is 0.696. The molecule has 0 aromatic carbocycles. The fraction of sp³-hybridized carbons (Fsp3) is 0.500. The molecule has 0 fully saturated rings. The van der Waals surface area contributed by atoms with Crippen molar-refractivity contribution < 1.29 is 4.79 Å². The van der Waals surface area contributed by atoms with Gasteiger partial charge in [-0.1, -0.05) is 13.8 Å². The summed E-state index contributed by atoms with van der Waals surface area (Å²) in [6.07, 6.45) is 2.29. The molecule has 5 heteroatoms. The van der Waals surface area contributed by atoms with Crippen LogP contribution in [-0.4, -0.2) is 23.5 Å². The van der Waals surface area contributed by atoms with Gasteiger partial charge in [-0.3, -0.25) is 9.59 Å². The van der Waals surface area contributed by atoms with Crippen molar-refractivity contribution in [2.45, 2.75) is 26.3 Å². The van der Waals surface area contributed by atoms with Gasteiger partial charge in [-0.2, -0.15) is 0 Å². The Hall–Kier alpha value is -1.62. The van der Waals surface area contributed by atoms with Gasteiger partial charge in [0.2, 0.25) is 0 Å². The number of rotatable bonds is 5. The van der Waals surface area contributed by atoms with Crippen LogP contribution in [0.1, 0.15) is 30.6 Å². The van der Waals surface area contributed by atoms with Gasteiger partial charge in [0.15, 0.2) is 0 Å². The lowest BCUT2D eigenvalue weighted by Crippen LogP contribution is -2.42. The van der Waals surface area contributed by atoms with E-state index in [1.165, 1.54) is 12.3 Å². The maximum atomic E-state index is 11.8. The Kier molecular flexibility index (Phi) is 4.90. The fourth-order valence-corrected chi connectivity index (χ4v) is 1.65. The zero-order valence-corrected chi connectivity index (χ0v) is 10.2. The van der Waals surface area contributed by atoms with Crippen molar-refractivity contribution in [3.63, 3.8) is 0 Å². The first-order valence-electron chi connectivity index (χ1n) is 5.73. The minimum Gasteiger partial charge on any atom is -0.348 e. The van der Waals surface area contributed by atoms with Crippen molar-refractivity contribution in [2.75, 3.05) is 6.54 Å². The van der Waals surface area contributed by atoms with E-state index in [-0.39, 0.29) is 23.1 Å². The highest BCUT2D eigenvalue weighted by Gasteiger charge is 2.15. The third-order valence-corrected chi connectivity index (χ3v) is 2.44. The summed E-state index contributed by atoms with van der Waals surface area (Å²) in [7, 11) is 0. The van der Waals surface area contributed by atoms with Crippen LogP contribution in [0.3, 0.4) is 0 Å². The molecule has 1 atom stereocenters. The summed E-state index contributed by atoms with van der Waals surface area (Å²) in [5.74, 6) is 0.0702. The van der Waals surface area contributed by atoms with E-state index in [0.717, 1.165) is 6.42 Å². The highest BCUT2D eigenvalue weighted by molar-refractivity contribution is 5.93. The predicted molar refractivity (Wildman–Crippen MR) is 66.8 cm³/mol. The number of hydrogen-bond acceptors (Lipinski definition) is 3. The molecule has 1 amide bonds. The van der Waals surface area contributed by atoms with Crippen molar-refractivity contribution in [1.82, 2.24) is 10.3 Å². The number of nitrogens with two attached hydrogens (primary N) is 1. The summed E-state index contributed by atoms with van der Waals surface area (Å²) >= 11 is 0. The molecule has 0 saturated carbocycles. The number of H-pyrrole nitrogens is 1. The molecule has 1 aromatic rings. The summed E-state index contributed by atoms with van der Waals surface area (Å²) in [5, 5.41) is 2.77. The van der Waals surface area contributed by atoms with E-state index in [1.54, 1.807) is 6.07 Å². The fourth-order valence-electron chi connectivity index (χ4n) is 1.65. The van der Waals surface area contributed by atoms with E-state index in [0.29, 0.717) is 12.5 Å². The molecule has 0 aliphatic heterocycles. The Balaban J connectivity index is 2.71. The predicted octanol–water partition coefficient (Wildman–Crippen LogP) is 0.478. The van der Waals surface area contributed by atoms with Gasteiger partial charge < -0.3 is 16.0 Å². The van der Waals surface area contributed by atoms with E-state index in [1.807, 2.05) is 0 Å². The Morgan fingerprint density at radius 2 is 2.24 bits per heavy atom. The van der Waals surface area contributed by atoms with Gasteiger partial charge in [-0.15, -0.1) is 0 Å². The second-order valence-electron chi connectivity index (χ2n) is 4.45. The van der Waals surface area contributed by atoms with E-state index in [9.17, 15) is 9.59 Å². The number of nitrogens with one attached hydrogen (secondary N) is 2. The van der Waals surface area contributed by atoms with Gasteiger partial charge in [-0.05, 0) is 24.5 Å². The lowest BCUT2D eigenvalue weighted by atomic mass is 10.0. The lowest BCUT2D eigenvalue weighted by Gasteiger charge is -2.18. The molecule has 17 heavy (non-hydrogen) atoms. The Morgan fingerprint density at radius 3 is 2.76 bits per heavy atom. The van der Waals surface area contributed by atoms with Gasteiger partial charge in [0.25, 0.3) is 11.5 Å². The monoisotopic (exact) mass is 237 g/mol. The number of aromatic nitrogens is 1. The normalized spacial score (nSPS) is 12.5. The van der Waals surface area contributed by atoms with Crippen LogP contribution in [0.25, 0.3) is 0 Å². The molecule has 0 aliphatic carbocycles. The summed E-state index contributed by atoms with van der Waals surface area (Å²) in [6, 6.07) is 3.02. The summed E-state index contributed by atoms with van der Waals surface area (Å²) in [5.41, 5.74) is 5.32. The van der Waals surface area contributed by atoms with Gasteiger partial charge in [0.1, 0.15) is 5.56 Å². The molecule has 94 valence electrons. The van der Waals surface area contributed by atoms with E-state index < -0.39 is 0 Å². The maximum Gasteiger partial charge on any atom is 0.260 e. The van der Waals surface area contributed by atoms with Crippen LogP contribution < -0.4 is 16.6 Å². The van der Waals surface area contributed by atoms with Gasteiger partial charge in [0.05, 0.1) is 0 Å². The molecule has 0 aliphatic rings. The van der Waals surface area contributed by atoms with E-state index >= 15 is 0 Å². The minimum absolute atomic E-state index is 0.0953. The minimum atomic E-state index is -0.384. The number of carbonyl (C=O) groups excluding carboxylic acids is 1. The first kappa shape index (κ1) is 13.4. The molecular weight excluding hydrogens is 218 g/mol. The van der Waals surface area contributed by atoms with E-state index in [4.69, 9.17) is 5.73 Å². The van der Waals surface area contributed by atoms with Crippen LogP contribution in [0.4, 0.5) is 0 Å². The highest BCUT2D eigenvalue weighted by atomic mass is 16.2. The summed E-state index contributed by atoms with van der Waals surface area (Å²) < 4.78 is 0. The Bertz CT molecular complexity index is 426. The first-order chi connectivity index (χ1) is 8.04. The second-order valence-corrected chi connectivity index (χ2v) is 4.45.